The molecule has 1 saturated heterocycles. The molecule has 2 atom stereocenters. The molecule has 72 valence electrons. The molecular weight excluding hydrogens is 170 g/mol. The molecule has 1 aliphatic rings. The number of hydrogen-bond donors (Lipinski definition) is 2. The van der Waals surface area contributed by atoms with E-state index in [0.717, 1.165) is 13.1 Å². The second kappa shape index (κ2) is 4.49. The number of hydrogen-bond acceptors (Lipinski definition) is 3. The summed E-state index contributed by atoms with van der Waals surface area (Å²) in [5.41, 5.74) is 0. The molecule has 0 amide bonds. The molecule has 1 fully saturated rings. The average molecular weight is 189 g/mol. The zero-order valence-corrected chi connectivity index (χ0v) is 8.78. The molecular formula is C9H19NOS. The Morgan fingerprint density at radius 1 is 1.67 bits per heavy atom. The molecule has 1 aliphatic heterocycles. The predicted molar refractivity (Wildman–Crippen MR) is 54.6 cm³/mol. The van der Waals surface area contributed by atoms with Crippen LogP contribution >= 0.6 is 11.8 Å². The molecule has 1 heterocycles. The van der Waals surface area contributed by atoms with Gasteiger partial charge in [-0.1, -0.05) is 0 Å². The summed E-state index contributed by atoms with van der Waals surface area (Å²) in [6.45, 7) is 5.87. The highest BCUT2D eigenvalue weighted by atomic mass is 32.2. The Labute approximate surface area is 79.1 Å². The number of rotatable bonds is 4. The lowest BCUT2D eigenvalue weighted by Crippen LogP contribution is -2.36. The third kappa shape index (κ3) is 3.33. The standard InChI is InChI=1S/C9H19NOS/c1-8(11)6-10-7-9(2)4-3-5-12-9/h8,10-11H,3-7H2,1-2H3/t8-,9?/m0/s1. The van der Waals surface area contributed by atoms with Gasteiger partial charge in [-0.2, -0.15) is 11.8 Å². The quantitative estimate of drug-likeness (QED) is 0.698. The van der Waals surface area contributed by atoms with Gasteiger partial charge >= 0.3 is 0 Å². The van der Waals surface area contributed by atoms with Gasteiger partial charge in [0.2, 0.25) is 0 Å². The van der Waals surface area contributed by atoms with Crippen LogP contribution in [0.1, 0.15) is 26.7 Å². The van der Waals surface area contributed by atoms with Crippen molar-refractivity contribution >= 4 is 11.8 Å². The number of aliphatic hydroxyl groups excluding tert-OH is 1. The summed E-state index contributed by atoms with van der Waals surface area (Å²) >= 11 is 2.05. The summed E-state index contributed by atoms with van der Waals surface area (Å²) in [5.74, 6) is 1.30. The molecule has 2 nitrogen and oxygen atoms in total. The zero-order valence-electron chi connectivity index (χ0n) is 7.97. The van der Waals surface area contributed by atoms with Crippen LogP contribution in [-0.4, -0.2) is 34.8 Å². The lowest BCUT2D eigenvalue weighted by molar-refractivity contribution is 0.190. The molecule has 0 aromatic carbocycles. The van der Waals surface area contributed by atoms with Crippen molar-refractivity contribution in [3.8, 4) is 0 Å². The van der Waals surface area contributed by atoms with Gasteiger partial charge in [-0.3, -0.25) is 0 Å². The minimum absolute atomic E-state index is 0.222. The van der Waals surface area contributed by atoms with E-state index in [0.29, 0.717) is 4.75 Å². The maximum absolute atomic E-state index is 9.04. The summed E-state index contributed by atoms with van der Waals surface area (Å²) in [6.07, 6.45) is 2.43. The summed E-state index contributed by atoms with van der Waals surface area (Å²) in [6, 6.07) is 0. The van der Waals surface area contributed by atoms with Gasteiger partial charge in [-0.15, -0.1) is 0 Å². The fourth-order valence-corrected chi connectivity index (χ4v) is 2.80. The summed E-state index contributed by atoms with van der Waals surface area (Å²) in [5, 5.41) is 12.3. The van der Waals surface area contributed by atoms with Gasteiger partial charge < -0.3 is 10.4 Å². The van der Waals surface area contributed by atoms with E-state index in [-0.39, 0.29) is 6.10 Å². The summed E-state index contributed by atoms with van der Waals surface area (Å²) < 4.78 is 0.425. The Bertz CT molecular complexity index is 132. The third-order valence-electron chi connectivity index (χ3n) is 2.24. The maximum Gasteiger partial charge on any atom is 0.0636 e. The number of aliphatic hydroxyl groups is 1. The van der Waals surface area contributed by atoms with E-state index in [1.54, 1.807) is 0 Å². The minimum Gasteiger partial charge on any atom is -0.392 e. The van der Waals surface area contributed by atoms with Crippen LogP contribution in [0, 0.1) is 0 Å². The Hall–Kier alpha value is 0.270. The van der Waals surface area contributed by atoms with E-state index in [1.165, 1.54) is 18.6 Å². The van der Waals surface area contributed by atoms with Gasteiger partial charge in [0.25, 0.3) is 0 Å². The van der Waals surface area contributed by atoms with Crippen LogP contribution in [0.3, 0.4) is 0 Å². The van der Waals surface area contributed by atoms with Crippen LogP contribution in [0.25, 0.3) is 0 Å². The van der Waals surface area contributed by atoms with Gasteiger partial charge in [0.15, 0.2) is 0 Å². The van der Waals surface area contributed by atoms with E-state index in [2.05, 4.69) is 24.0 Å². The van der Waals surface area contributed by atoms with Crippen LogP contribution in [0.15, 0.2) is 0 Å². The zero-order chi connectivity index (χ0) is 9.03. The molecule has 1 rings (SSSR count). The largest absolute Gasteiger partial charge is 0.392 e. The maximum atomic E-state index is 9.04. The first-order valence-corrected chi connectivity index (χ1v) is 5.64. The molecule has 0 bridgehead atoms. The Morgan fingerprint density at radius 2 is 2.42 bits per heavy atom. The number of nitrogens with one attached hydrogen (secondary N) is 1. The smallest absolute Gasteiger partial charge is 0.0636 e. The Morgan fingerprint density at radius 3 is 2.92 bits per heavy atom. The van der Waals surface area contributed by atoms with E-state index in [4.69, 9.17) is 5.11 Å². The van der Waals surface area contributed by atoms with Crippen LogP contribution in [0.4, 0.5) is 0 Å². The van der Waals surface area contributed by atoms with Crippen molar-refractivity contribution in [3.05, 3.63) is 0 Å². The topological polar surface area (TPSA) is 32.3 Å². The van der Waals surface area contributed by atoms with Crippen molar-refractivity contribution in [1.82, 2.24) is 5.32 Å². The van der Waals surface area contributed by atoms with Gasteiger partial charge in [-0.25, -0.2) is 0 Å². The summed E-state index contributed by atoms with van der Waals surface area (Å²) in [4.78, 5) is 0. The van der Waals surface area contributed by atoms with Crippen LogP contribution < -0.4 is 5.32 Å². The molecule has 0 aliphatic carbocycles. The van der Waals surface area contributed by atoms with Crippen molar-refractivity contribution in [3.63, 3.8) is 0 Å². The molecule has 1 unspecified atom stereocenters. The molecule has 12 heavy (non-hydrogen) atoms. The third-order valence-corrected chi connectivity index (χ3v) is 3.78. The van der Waals surface area contributed by atoms with Gasteiger partial charge in [0.05, 0.1) is 6.10 Å². The first-order valence-electron chi connectivity index (χ1n) is 4.65. The van der Waals surface area contributed by atoms with Gasteiger partial charge in [-0.05, 0) is 32.4 Å². The van der Waals surface area contributed by atoms with Crippen molar-refractivity contribution in [2.24, 2.45) is 0 Å². The van der Waals surface area contributed by atoms with E-state index in [9.17, 15) is 0 Å². The fourth-order valence-electron chi connectivity index (χ4n) is 1.52. The molecule has 0 spiro atoms. The minimum atomic E-state index is -0.222. The molecule has 0 aromatic heterocycles. The van der Waals surface area contributed by atoms with Crippen molar-refractivity contribution in [2.45, 2.75) is 37.5 Å². The van der Waals surface area contributed by atoms with E-state index < -0.39 is 0 Å². The average Bonchev–Trinajstić information content (AvgIpc) is 2.35. The van der Waals surface area contributed by atoms with Gasteiger partial charge in [0, 0.05) is 17.8 Å². The van der Waals surface area contributed by atoms with Gasteiger partial charge in [0.1, 0.15) is 0 Å². The highest BCUT2D eigenvalue weighted by molar-refractivity contribution is 8.00. The molecule has 0 radical (unpaired) electrons. The van der Waals surface area contributed by atoms with Crippen LogP contribution in [0.5, 0.6) is 0 Å². The molecule has 2 N–H and O–H groups in total. The highest BCUT2D eigenvalue weighted by Gasteiger charge is 2.28. The van der Waals surface area contributed by atoms with E-state index in [1.807, 2.05) is 6.92 Å². The molecule has 3 heteroatoms. The van der Waals surface area contributed by atoms with Crippen LogP contribution in [-0.2, 0) is 0 Å². The Balaban J connectivity index is 2.13. The monoisotopic (exact) mass is 189 g/mol. The van der Waals surface area contributed by atoms with Crippen molar-refractivity contribution < 1.29 is 5.11 Å². The lowest BCUT2D eigenvalue weighted by Gasteiger charge is -2.23. The first kappa shape index (κ1) is 10.4. The van der Waals surface area contributed by atoms with E-state index >= 15 is 0 Å². The van der Waals surface area contributed by atoms with Crippen molar-refractivity contribution in [1.29, 1.82) is 0 Å². The highest BCUT2D eigenvalue weighted by Crippen LogP contribution is 2.36. The predicted octanol–water partition coefficient (Wildman–Crippen LogP) is 1.24. The lowest BCUT2D eigenvalue weighted by atomic mass is 10.1. The second-order valence-electron chi connectivity index (χ2n) is 3.88. The summed E-state index contributed by atoms with van der Waals surface area (Å²) in [7, 11) is 0. The normalized spacial score (nSPS) is 32.2. The Kier molecular flexibility index (Phi) is 3.87. The molecule has 0 saturated carbocycles. The van der Waals surface area contributed by atoms with Crippen molar-refractivity contribution in [2.75, 3.05) is 18.8 Å². The molecule has 0 aromatic rings. The number of thioether (sulfide) groups is 1. The van der Waals surface area contributed by atoms with Crippen LogP contribution in [0.2, 0.25) is 0 Å². The first-order chi connectivity index (χ1) is 5.62. The SMILES string of the molecule is C[C@H](O)CNCC1(C)CCCS1. The fraction of sp³-hybridized carbons (Fsp3) is 1.00. The second-order valence-corrected chi connectivity index (χ2v) is 5.56.